The first-order chi connectivity index (χ1) is 15.2. The number of hydrogen-bond acceptors (Lipinski definition) is 1. The largest absolute Gasteiger partial charge is 0.294 e. The summed E-state index contributed by atoms with van der Waals surface area (Å²) in [5, 5.41) is 0. The topological polar surface area (TPSA) is 17.1 Å². The Morgan fingerprint density at radius 2 is 1.61 bits per heavy atom. The molecule has 0 bridgehead atoms. The minimum Gasteiger partial charge on any atom is -0.294 e. The zero-order valence-electron chi connectivity index (χ0n) is 17.8. The molecule has 0 aliphatic heterocycles. The zero-order chi connectivity index (χ0) is 21.2. The van der Waals surface area contributed by atoms with E-state index in [0.717, 1.165) is 24.0 Å². The van der Waals surface area contributed by atoms with E-state index in [1.54, 1.807) is 0 Å². The van der Waals surface area contributed by atoms with E-state index in [9.17, 15) is 4.79 Å². The monoisotopic (exact) mass is 402 g/mol. The van der Waals surface area contributed by atoms with Gasteiger partial charge in [-0.25, -0.2) is 0 Å². The summed E-state index contributed by atoms with van der Waals surface area (Å²) in [5.41, 5.74) is 9.80. The third kappa shape index (κ3) is 3.72. The molecule has 1 heteroatoms. The van der Waals surface area contributed by atoms with Crippen molar-refractivity contribution in [1.29, 1.82) is 0 Å². The van der Waals surface area contributed by atoms with Gasteiger partial charge in [0, 0.05) is 17.9 Å². The third-order valence-corrected chi connectivity index (χ3v) is 6.54. The number of carbonyl (C=O) groups excluding carboxylic acids is 1. The average Bonchev–Trinajstić information content (AvgIpc) is 3.43. The van der Waals surface area contributed by atoms with E-state index in [2.05, 4.69) is 91.9 Å². The summed E-state index contributed by atoms with van der Waals surface area (Å²) >= 11 is 0. The number of allylic oxidation sites excluding steroid dienone is 6. The molecule has 0 saturated heterocycles. The second kappa shape index (κ2) is 8.35. The van der Waals surface area contributed by atoms with Crippen LogP contribution >= 0.6 is 0 Å². The van der Waals surface area contributed by atoms with Gasteiger partial charge in [-0.05, 0) is 53.2 Å². The lowest BCUT2D eigenvalue weighted by Gasteiger charge is -2.22. The molecule has 0 aromatic heterocycles. The van der Waals surface area contributed by atoms with Gasteiger partial charge >= 0.3 is 0 Å². The van der Waals surface area contributed by atoms with Crippen LogP contribution in [-0.4, -0.2) is 5.78 Å². The fourth-order valence-electron chi connectivity index (χ4n) is 4.93. The molecule has 2 aliphatic carbocycles. The molecule has 0 radical (unpaired) electrons. The summed E-state index contributed by atoms with van der Waals surface area (Å²) < 4.78 is 0. The van der Waals surface area contributed by atoms with Gasteiger partial charge < -0.3 is 0 Å². The molecule has 3 aromatic rings. The molecule has 0 saturated carbocycles. The first-order valence-electron chi connectivity index (χ1n) is 11.1. The molecule has 3 aromatic carbocycles. The molecule has 1 unspecified atom stereocenters. The molecule has 1 nitrogen and oxygen atoms in total. The second-order valence-corrected chi connectivity index (χ2v) is 8.42. The van der Waals surface area contributed by atoms with Crippen molar-refractivity contribution in [2.75, 3.05) is 0 Å². The van der Waals surface area contributed by atoms with E-state index in [0.29, 0.717) is 6.42 Å². The standard InChI is InChI=1S/C30H26O/c1-21-9-5-7-13-25(21)30-24(16-18-27(30)22-10-3-2-4-11-22)17-20-29(31)28-19-15-23-12-6-8-14-26(23)28/h2-14,16,18-19,30H,15,17,20H2,1H3. The second-order valence-electron chi connectivity index (χ2n) is 8.42. The average molecular weight is 403 g/mol. The van der Waals surface area contributed by atoms with E-state index in [1.807, 2.05) is 12.1 Å². The molecule has 5 rings (SSSR count). The Bertz CT molecular complexity index is 1220. The maximum Gasteiger partial charge on any atom is 0.163 e. The Balaban J connectivity index is 1.39. The number of aryl methyl sites for hydroxylation is 1. The molecule has 0 N–H and O–H groups in total. The molecule has 0 fully saturated rings. The predicted octanol–water partition coefficient (Wildman–Crippen LogP) is 7.09. The van der Waals surface area contributed by atoms with Crippen LogP contribution < -0.4 is 0 Å². The fourth-order valence-corrected chi connectivity index (χ4v) is 4.93. The smallest absolute Gasteiger partial charge is 0.163 e. The number of benzene rings is 3. The van der Waals surface area contributed by atoms with Gasteiger partial charge in [-0.3, -0.25) is 4.79 Å². The van der Waals surface area contributed by atoms with Crippen LogP contribution in [0.2, 0.25) is 0 Å². The van der Waals surface area contributed by atoms with Gasteiger partial charge in [0.25, 0.3) is 0 Å². The highest BCUT2D eigenvalue weighted by molar-refractivity contribution is 6.22. The number of fused-ring (bicyclic) bond motifs is 1. The molecule has 0 amide bonds. The van der Waals surface area contributed by atoms with Gasteiger partial charge in [-0.15, -0.1) is 0 Å². The van der Waals surface area contributed by atoms with Crippen molar-refractivity contribution >= 4 is 16.9 Å². The molecular formula is C30H26O. The highest BCUT2D eigenvalue weighted by atomic mass is 16.1. The molecule has 2 aliphatic rings. The third-order valence-electron chi connectivity index (χ3n) is 6.54. The van der Waals surface area contributed by atoms with Crippen LogP contribution in [0.25, 0.3) is 11.1 Å². The summed E-state index contributed by atoms with van der Waals surface area (Å²) in [4.78, 5) is 13.1. The van der Waals surface area contributed by atoms with Crippen molar-refractivity contribution < 1.29 is 4.79 Å². The van der Waals surface area contributed by atoms with Gasteiger partial charge in [0.05, 0.1) is 0 Å². The Hall–Kier alpha value is -3.45. The van der Waals surface area contributed by atoms with Crippen LogP contribution in [0.4, 0.5) is 0 Å². The van der Waals surface area contributed by atoms with Crippen LogP contribution in [0.1, 0.15) is 46.6 Å². The minimum absolute atomic E-state index is 0.209. The molecular weight excluding hydrogens is 376 g/mol. The van der Waals surface area contributed by atoms with E-state index < -0.39 is 0 Å². The number of carbonyl (C=O) groups is 1. The predicted molar refractivity (Wildman–Crippen MR) is 129 cm³/mol. The van der Waals surface area contributed by atoms with Crippen LogP contribution in [0.5, 0.6) is 0 Å². The molecule has 0 heterocycles. The van der Waals surface area contributed by atoms with Crippen molar-refractivity contribution in [2.24, 2.45) is 0 Å². The summed E-state index contributed by atoms with van der Waals surface area (Å²) in [6.07, 6.45) is 8.78. The maximum atomic E-state index is 13.1. The van der Waals surface area contributed by atoms with Crippen molar-refractivity contribution in [3.8, 4) is 0 Å². The van der Waals surface area contributed by atoms with E-state index >= 15 is 0 Å². The summed E-state index contributed by atoms with van der Waals surface area (Å²) in [6.45, 7) is 2.18. The maximum absolute atomic E-state index is 13.1. The van der Waals surface area contributed by atoms with Crippen molar-refractivity contribution in [3.05, 3.63) is 130 Å². The lowest BCUT2D eigenvalue weighted by molar-refractivity contribution is -0.113. The minimum atomic E-state index is 0.209. The van der Waals surface area contributed by atoms with E-state index in [-0.39, 0.29) is 11.7 Å². The normalized spacial score (nSPS) is 17.1. The molecule has 31 heavy (non-hydrogen) atoms. The molecule has 152 valence electrons. The van der Waals surface area contributed by atoms with Crippen LogP contribution in [0.15, 0.2) is 103 Å². The van der Waals surface area contributed by atoms with Crippen molar-refractivity contribution in [1.82, 2.24) is 0 Å². The Kier molecular flexibility index (Phi) is 5.26. The molecule has 0 spiro atoms. The van der Waals surface area contributed by atoms with Gasteiger partial charge in [-0.1, -0.05) is 103 Å². The van der Waals surface area contributed by atoms with E-state index in [4.69, 9.17) is 0 Å². The Labute approximate surface area is 184 Å². The van der Waals surface area contributed by atoms with Crippen molar-refractivity contribution in [2.45, 2.75) is 32.1 Å². The zero-order valence-corrected chi connectivity index (χ0v) is 17.8. The van der Waals surface area contributed by atoms with Crippen LogP contribution in [0.3, 0.4) is 0 Å². The van der Waals surface area contributed by atoms with Crippen molar-refractivity contribution in [3.63, 3.8) is 0 Å². The lowest BCUT2D eigenvalue weighted by Crippen LogP contribution is -2.07. The number of Topliss-reactive ketones (excluding diaryl/α,β-unsaturated/α-hetero) is 1. The number of ketones is 1. The Morgan fingerprint density at radius 3 is 2.45 bits per heavy atom. The summed E-state index contributed by atoms with van der Waals surface area (Å²) in [5.74, 6) is 0.462. The quantitative estimate of drug-likeness (QED) is 0.430. The number of rotatable bonds is 6. The summed E-state index contributed by atoms with van der Waals surface area (Å²) in [7, 11) is 0. The fraction of sp³-hybridized carbons (Fsp3) is 0.167. The van der Waals surface area contributed by atoms with Gasteiger partial charge in [-0.2, -0.15) is 0 Å². The van der Waals surface area contributed by atoms with Gasteiger partial charge in [0.15, 0.2) is 5.78 Å². The highest BCUT2D eigenvalue weighted by Crippen LogP contribution is 2.45. The lowest BCUT2D eigenvalue weighted by atomic mass is 9.81. The van der Waals surface area contributed by atoms with Crippen LogP contribution in [0, 0.1) is 6.92 Å². The van der Waals surface area contributed by atoms with E-state index in [1.165, 1.54) is 33.4 Å². The Morgan fingerprint density at radius 1 is 0.871 bits per heavy atom. The summed E-state index contributed by atoms with van der Waals surface area (Å²) in [6, 6.07) is 27.5. The first kappa shape index (κ1) is 19.5. The van der Waals surface area contributed by atoms with Gasteiger partial charge in [0.2, 0.25) is 0 Å². The SMILES string of the molecule is Cc1ccccc1C1C(CCC(=O)C2=CCc3ccccc32)=CC=C1c1ccccc1. The van der Waals surface area contributed by atoms with Gasteiger partial charge in [0.1, 0.15) is 0 Å². The highest BCUT2D eigenvalue weighted by Gasteiger charge is 2.28. The molecule has 1 atom stereocenters. The first-order valence-corrected chi connectivity index (χ1v) is 11.1. The number of hydrogen-bond donors (Lipinski definition) is 0. The van der Waals surface area contributed by atoms with Crippen LogP contribution in [-0.2, 0) is 11.2 Å².